The van der Waals surface area contributed by atoms with E-state index in [-0.39, 0.29) is 17.8 Å². The molecule has 2 heterocycles. The molecule has 1 saturated heterocycles. The number of esters is 1. The number of benzene rings is 1. The van der Waals surface area contributed by atoms with Crippen LogP contribution in [0.2, 0.25) is 5.02 Å². The predicted octanol–water partition coefficient (Wildman–Crippen LogP) is 3.47. The standard InChI is InChI=1S/C20H23ClN2O3/c1-2-26-20(25)15-8-11-22(12-9-15)19(24)14-18-7-4-10-23(18)17-6-3-5-16(21)13-17/h3-7,10,13,15H,2,8-9,11-12,14H2,1H3. The van der Waals surface area contributed by atoms with Crippen LogP contribution in [-0.4, -0.2) is 41.0 Å². The summed E-state index contributed by atoms with van der Waals surface area (Å²) in [5.74, 6) is -0.155. The first kappa shape index (κ1) is 18.5. The van der Waals surface area contributed by atoms with Gasteiger partial charge < -0.3 is 14.2 Å². The van der Waals surface area contributed by atoms with E-state index in [1.54, 1.807) is 0 Å². The molecule has 0 spiro atoms. The number of likely N-dealkylation sites (tertiary alicyclic amines) is 1. The van der Waals surface area contributed by atoms with Gasteiger partial charge in [-0.3, -0.25) is 9.59 Å². The molecular formula is C20H23ClN2O3. The van der Waals surface area contributed by atoms with E-state index in [9.17, 15) is 9.59 Å². The Morgan fingerprint density at radius 2 is 1.96 bits per heavy atom. The van der Waals surface area contributed by atoms with Crippen molar-refractivity contribution >= 4 is 23.5 Å². The first-order valence-electron chi connectivity index (χ1n) is 8.95. The zero-order valence-corrected chi connectivity index (χ0v) is 15.6. The third-order valence-electron chi connectivity index (χ3n) is 4.72. The van der Waals surface area contributed by atoms with Gasteiger partial charge in [-0.25, -0.2) is 0 Å². The zero-order valence-electron chi connectivity index (χ0n) is 14.9. The van der Waals surface area contributed by atoms with Gasteiger partial charge in [-0.05, 0) is 50.1 Å². The summed E-state index contributed by atoms with van der Waals surface area (Å²) in [4.78, 5) is 26.3. The Balaban J connectivity index is 1.62. The molecule has 0 N–H and O–H groups in total. The first-order valence-corrected chi connectivity index (χ1v) is 9.33. The fourth-order valence-corrected chi connectivity index (χ4v) is 3.51. The highest BCUT2D eigenvalue weighted by Crippen LogP contribution is 2.21. The third kappa shape index (κ3) is 4.28. The lowest BCUT2D eigenvalue weighted by atomic mass is 9.96. The Morgan fingerprint density at radius 3 is 2.65 bits per heavy atom. The quantitative estimate of drug-likeness (QED) is 0.753. The minimum absolute atomic E-state index is 0.0780. The van der Waals surface area contributed by atoms with Gasteiger partial charge in [0, 0.05) is 35.7 Å². The van der Waals surface area contributed by atoms with Crippen LogP contribution in [0.25, 0.3) is 5.69 Å². The summed E-state index contributed by atoms with van der Waals surface area (Å²) in [6.45, 7) is 3.41. The molecule has 2 aromatic rings. The SMILES string of the molecule is CCOC(=O)C1CCN(C(=O)Cc2cccn2-c2cccc(Cl)c2)CC1. The van der Waals surface area contributed by atoms with Crippen molar-refractivity contribution in [3.8, 4) is 5.69 Å². The number of piperidine rings is 1. The van der Waals surface area contributed by atoms with E-state index in [0.29, 0.717) is 44.0 Å². The highest BCUT2D eigenvalue weighted by atomic mass is 35.5. The average molecular weight is 375 g/mol. The molecule has 1 aliphatic heterocycles. The normalized spacial score (nSPS) is 15.1. The van der Waals surface area contributed by atoms with E-state index in [1.807, 2.05) is 59.0 Å². The lowest BCUT2D eigenvalue weighted by Gasteiger charge is -2.31. The van der Waals surface area contributed by atoms with Crippen LogP contribution >= 0.6 is 11.6 Å². The van der Waals surface area contributed by atoms with Gasteiger partial charge >= 0.3 is 5.97 Å². The number of amides is 1. The van der Waals surface area contributed by atoms with Crippen LogP contribution in [0.3, 0.4) is 0 Å². The van der Waals surface area contributed by atoms with Gasteiger partial charge in [-0.1, -0.05) is 17.7 Å². The predicted molar refractivity (Wildman–Crippen MR) is 100 cm³/mol. The number of nitrogens with zero attached hydrogens (tertiary/aromatic N) is 2. The van der Waals surface area contributed by atoms with Gasteiger partial charge in [0.2, 0.25) is 5.91 Å². The number of hydrogen-bond donors (Lipinski definition) is 0. The molecule has 1 aromatic heterocycles. The molecule has 3 rings (SSSR count). The molecule has 1 amide bonds. The largest absolute Gasteiger partial charge is 0.466 e. The summed E-state index contributed by atoms with van der Waals surface area (Å²) in [6, 6.07) is 11.4. The maximum Gasteiger partial charge on any atom is 0.309 e. The third-order valence-corrected chi connectivity index (χ3v) is 4.95. The minimum atomic E-state index is -0.144. The van der Waals surface area contributed by atoms with Gasteiger partial charge in [-0.2, -0.15) is 0 Å². The second kappa shape index (κ2) is 8.41. The van der Waals surface area contributed by atoms with Gasteiger partial charge in [0.05, 0.1) is 18.9 Å². The molecule has 0 atom stereocenters. The van der Waals surface area contributed by atoms with Crippen molar-refractivity contribution in [3.05, 3.63) is 53.3 Å². The summed E-state index contributed by atoms with van der Waals surface area (Å²) in [5, 5.41) is 0.662. The number of ether oxygens (including phenoxy) is 1. The van der Waals surface area contributed by atoms with E-state index < -0.39 is 0 Å². The number of hydrogen-bond acceptors (Lipinski definition) is 3. The van der Waals surface area contributed by atoms with Gasteiger partial charge in [-0.15, -0.1) is 0 Å². The van der Waals surface area contributed by atoms with E-state index in [4.69, 9.17) is 16.3 Å². The molecule has 0 bridgehead atoms. The number of carbonyl (C=O) groups excluding carboxylic acids is 2. The zero-order chi connectivity index (χ0) is 18.5. The molecule has 0 aliphatic carbocycles. The van der Waals surface area contributed by atoms with E-state index in [0.717, 1.165) is 11.4 Å². The topological polar surface area (TPSA) is 51.5 Å². The summed E-state index contributed by atoms with van der Waals surface area (Å²) in [6.07, 6.45) is 3.59. The van der Waals surface area contributed by atoms with Crippen molar-refractivity contribution < 1.29 is 14.3 Å². The van der Waals surface area contributed by atoms with Crippen molar-refractivity contribution in [1.29, 1.82) is 0 Å². The first-order chi connectivity index (χ1) is 12.6. The molecule has 138 valence electrons. The molecule has 0 saturated carbocycles. The summed E-state index contributed by atoms with van der Waals surface area (Å²) < 4.78 is 7.06. The number of carbonyl (C=O) groups is 2. The van der Waals surface area contributed by atoms with E-state index in [1.165, 1.54) is 0 Å². The Hall–Kier alpha value is -2.27. The lowest BCUT2D eigenvalue weighted by Crippen LogP contribution is -2.41. The Kier molecular flexibility index (Phi) is 5.99. The molecule has 0 radical (unpaired) electrons. The van der Waals surface area contributed by atoms with Gasteiger partial charge in [0.15, 0.2) is 0 Å². The van der Waals surface area contributed by atoms with Crippen LogP contribution in [-0.2, 0) is 20.7 Å². The van der Waals surface area contributed by atoms with Crippen molar-refractivity contribution in [3.63, 3.8) is 0 Å². The van der Waals surface area contributed by atoms with Crippen molar-refractivity contribution in [1.82, 2.24) is 9.47 Å². The second-order valence-electron chi connectivity index (χ2n) is 6.43. The highest BCUT2D eigenvalue weighted by Gasteiger charge is 2.28. The maximum absolute atomic E-state index is 12.7. The monoisotopic (exact) mass is 374 g/mol. The molecule has 1 aromatic carbocycles. The fourth-order valence-electron chi connectivity index (χ4n) is 3.33. The average Bonchev–Trinajstić information content (AvgIpc) is 3.10. The second-order valence-corrected chi connectivity index (χ2v) is 6.87. The Bertz CT molecular complexity index is 779. The van der Waals surface area contributed by atoms with Crippen molar-refractivity contribution in [2.45, 2.75) is 26.2 Å². The molecule has 26 heavy (non-hydrogen) atoms. The molecular weight excluding hydrogens is 352 g/mol. The molecule has 6 heteroatoms. The highest BCUT2D eigenvalue weighted by molar-refractivity contribution is 6.30. The summed E-state index contributed by atoms with van der Waals surface area (Å²) in [7, 11) is 0. The smallest absolute Gasteiger partial charge is 0.309 e. The minimum Gasteiger partial charge on any atom is -0.466 e. The number of rotatable bonds is 5. The molecule has 1 fully saturated rings. The lowest BCUT2D eigenvalue weighted by molar-refractivity contribution is -0.151. The number of aromatic nitrogens is 1. The molecule has 0 unspecified atom stereocenters. The van der Waals surface area contributed by atoms with Crippen LogP contribution in [0.1, 0.15) is 25.5 Å². The van der Waals surface area contributed by atoms with Gasteiger partial charge in [0.1, 0.15) is 0 Å². The van der Waals surface area contributed by atoms with Crippen LogP contribution in [0.15, 0.2) is 42.6 Å². The summed E-state index contributed by atoms with van der Waals surface area (Å²) >= 11 is 6.08. The van der Waals surface area contributed by atoms with Crippen molar-refractivity contribution in [2.24, 2.45) is 5.92 Å². The Morgan fingerprint density at radius 1 is 1.19 bits per heavy atom. The van der Waals surface area contributed by atoms with Crippen LogP contribution in [0.5, 0.6) is 0 Å². The van der Waals surface area contributed by atoms with Crippen LogP contribution < -0.4 is 0 Å². The fraction of sp³-hybridized carbons (Fsp3) is 0.400. The maximum atomic E-state index is 12.7. The summed E-state index contributed by atoms with van der Waals surface area (Å²) in [5.41, 5.74) is 1.86. The van der Waals surface area contributed by atoms with Crippen LogP contribution in [0, 0.1) is 5.92 Å². The molecule has 5 nitrogen and oxygen atoms in total. The van der Waals surface area contributed by atoms with Gasteiger partial charge in [0.25, 0.3) is 0 Å². The van der Waals surface area contributed by atoms with E-state index in [2.05, 4.69) is 0 Å². The Labute approximate surface area is 158 Å². The van der Waals surface area contributed by atoms with Crippen LogP contribution in [0.4, 0.5) is 0 Å². The van der Waals surface area contributed by atoms with E-state index >= 15 is 0 Å². The molecule has 1 aliphatic rings. The number of halogens is 1. The van der Waals surface area contributed by atoms with Crippen molar-refractivity contribution in [2.75, 3.05) is 19.7 Å².